The summed E-state index contributed by atoms with van der Waals surface area (Å²) in [5, 5.41) is 3.46. The maximum atomic E-state index is 13.2. The molecule has 0 aliphatic carbocycles. The number of aromatic nitrogens is 2. The first-order valence-corrected chi connectivity index (χ1v) is 10.1. The van der Waals surface area contributed by atoms with Crippen LogP contribution in [-0.2, 0) is 6.42 Å². The molecule has 0 radical (unpaired) electrons. The van der Waals surface area contributed by atoms with Gasteiger partial charge in [0.25, 0.3) is 0 Å². The molecular weight excluding hydrogens is 365 g/mol. The summed E-state index contributed by atoms with van der Waals surface area (Å²) in [5.41, 5.74) is 4.33. The molecule has 1 aliphatic rings. The van der Waals surface area contributed by atoms with E-state index in [4.69, 9.17) is 4.98 Å². The lowest BCUT2D eigenvalue weighted by atomic mass is 10.1. The van der Waals surface area contributed by atoms with Crippen molar-refractivity contribution in [1.29, 1.82) is 0 Å². The molecule has 6 heteroatoms. The lowest BCUT2D eigenvalue weighted by Crippen LogP contribution is -2.47. The summed E-state index contributed by atoms with van der Waals surface area (Å²) in [6.45, 7) is 7.50. The molecule has 1 aromatic heterocycles. The first kappa shape index (κ1) is 19.2. The summed E-state index contributed by atoms with van der Waals surface area (Å²) in [7, 11) is 0. The van der Waals surface area contributed by atoms with Crippen LogP contribution in [0.4, 0.5) is 27.5 Å². The number of hydrogen-bond donors (Lipinski definition) is 1. The average molecular weight is 391 g/mol. The molecule has 29 heavy (non-hydrogen) atoms. The minimum absolute atomic E-state index is 0.203. The second-order valence-electron chi connectivity index (χ2n) is 7.28. The highest BCUT2D eigenvalue weighted by Gasteiger charge is 2.20. The summed E-state index contributed by atoms with van der Waals surface area (Å²) in [5.74, 6) is 1.36. The molecule has 150 valence electrons. The number of nitrogens with one attached hydrogen (secondary N) is 1. The van der Waals surface area contributed by atoms with Crippen LogP contribution in [0.5, 0.6) is 0 Å². The zero-order valence-electron chi connectivity index (χ0n) is 16.9. The smallest absolute Gasteiger partial charge is 0.227 e. The topological polar surface area (TPSA) is 44.3 Å². The maximum Gasteiger partial charge on any atom is 0.227 e. The van der Waals surface area contributed by atoms with Crippen LogP contribution in [0.15, 0.2) is 54.6 Å². The van der Waals surface area contributed by atoms with Crippen molar-refractivity contribution < 1.29 is 4.39 Å². The van der Waals surface area contributed by atoms with Crippen LogP contribution in [0.1, 0.15) is 18.2 Å². The zero-order valence-corrected chi connectivity index (χ0v) is 16.9. The van der Waals surface area contributed by atoms with Crippen molar-refractivity contribution in [1.82, 2.24) is 9.97 Å². The zero-order chi connectivity index (χ0) is 20.2. The number of piperazine rings is 1. The Labute approximate surface area is 171 Å². The third-order valence-corrected chi connectivity index (χ3v) is 5.26. The van der Waals surface area contributed by atoms with Crippen LogP contribution in [0.3, 0.4) is 0 Å². The van der Waals surface area contributed by atoms with Crippen LogP contribution in [0, 0.1) is 12.7 Å². The molecule has 1 fully saturated rings. The predicted molar refractivity (Wildman–Crippen MR) is 117 cm³/mol. The van der Waals surface area contributed by atoms with E-state index in [1.165, 1.54) is 17.7 Å². The van der Waals surface area contributed by atoms with Gasteiger partial charge >= 0.3 is 0 Å². The fourth-order valence-corrected chi connectivity index (χ4v) is 3.66. The Morgan fingerprint density at radius 1 is 0.931 bits per heavy atom. The van der Waals surface area contributed by atoms with E-state index in [0.29, 0.717) is 0 Å². The number of anilines is 4. The van der Waals surface area contributed by atoms with E-state index in [2.05, 4.69) is 45.2 Å². The highest BCUT2D eigenvalue weighted by Crippen LogP contribution is 2.23. The van der Waals surface area contributed by atoms with Gasteiger partial charge in [0.05, 0.1) is 0 Å². The van der Waals surface area contributed by atoms with Gasteiger partial charge in [-0.25, -0.2) is 9.37 Å². The average Bonchev–Trinajstić information content (AvgIpc) is 2.74. The van der Waals surface area contributed by atoms with Gasteiger partial charge < -0.3 is 15.1 Å². The Kier molecular flexibility index (Phi) is 5.60. The number of rotatable bonds is 5. The van der Waals surface area contributed by atoms with Crippen molar-refractivity contribution in [2.75, 3.05) is 41.3 Å². The lowest BCUT2D eigenvalue weighted by molar-refractivity contribution is 0.623. The number of para-hydroxylation sites is 1. The Morgan fingerprint density at radius 2 is 1.62 bits per heavy atom. The number of aryl methyl sites for hydroxylation is 2. The van der Waals surface area contributed by atoms with E-state index >= 15 is 0 Å². The third-order valence-electron chi connectivity index (χ3n) is 5.26. The standard InChI is InChI=1S/C23H26FN5/c1-3-18-6-4-5-7-21(18)26-22-16-17(2)25-23(27-22)29-14-12-28(13-15-29)20-10-8-19(24)9-11-20/h4-11,16H,3,12-15H2,1-2H3,(H,25,26,27). The van der Waals surface area contributed by atoms with E-state index in [1.807, 2.05) is 31.2 Å². The summed E-state index contributed by atoms with van der Waals surface area (Å²) in [6, 6.07) is 17.0. The second-order valence-corrected chi connectivity index (χ2v) is 7.28. The highest BCUT2D eigenvalue weighted by atomic mass is 19.1. The summed E-state index contributed by atoms with van der Waals surface area (Å²) in [6.07, 6.45) is 0.964. The van der Waals surface area contributed by atoms with Gasteiger partial charge in [0, 0.05) is 49.3 Å². The molecule has 2 heterocycles. The van der Waals surface area contributed by atoms with Crippen molar-refractivity contribution in [2.24, 2.45) is 0 Å². The van der Waals surface area contributed by atoms with E-state index in [1.54, 1.807) is 0 Å². The Hall–Kier alpha value is -3.15. The fraction of sp³-hybridized carbons (Fsp3) is 0.304. The minimum Gasteiger partial charge on any atom is -0.368 e. The van der Waals surface area contributed by atoms with Crippen molar-refractivity contribution in [3.8, 4) is 0 Å². The van der Waals surface area contributed by atoms with Gasteiger partial charge in [-0.2, -0.15) is 4.98 Å². The van der Waals surface area contributed by atoms with E-state index < -0.39 is 0 Å². The Morgan fingerprint density at radius 3 is 2.34 bits per heavy atom. The van der Waals surface area contributed by atoms with Gasteiger partial charge in [0.1, 0.15) is 11.6 Å². The lowest BCUT2D eigenvalue weighted by Gasteiger charge is -2.36. The summed E-state index contributed by atoms with van der Waals surface area (Å²) in [4.78, 5) is 13.9. The molecule has 0 atom stereocenters. The summed E-state index contributed by atoms with van der Waals surface area (Å²) < 4.78 is 13.2. The van der Waals surface area contributed by atoms with E-state index in [-0.39, 0.29) is 5.82 Å². The Bertz CT molecular complexity index is 965. The SMILES string of the molecule is CCc1ccccc1Nc1cc(C)nc(N2CCN(c3ccc(F)cc3)CC2)n1. The first-order valence-electron chi connectivity index (χ1n) is 10.1. The van der Waals surface area contributed by atoms with Crippen LogP contribution in [0.2, 0.25) is 0 Å². The van der Waals surface area contributed by atoms with Gasteiger partial charge in [-0.15, -0.1) is 0 Å². The van der Waals surface area contributed by atoms with Crippen molar-refractivity contribution >= 4 is 23.1 Å². The normalized spacial score (nSPS) is 14.2. The molecule has 2 aromatic carbocycles. The monoisotopic (exact) mass is 391 g/mol. The highest BCUT2D eigenvalue weighted by molar-refractivity contribution is 5.62. The molecule has 0 amide bonds. The molecule has 1 aliphatic heterocycles. The minimum atomic E-state index is -0.203. The summed E-state index contributed by atoms with van der Waals surface area (Å²) >= 11 is 0. The number of halogens is 1. The molecule has 0 bridgehead atoms. The van der Waals surface area contributed by atoms with Crippen LogP contribution < -0.4 is 15.1 Å². The number of benzene rings is 2. The van der Waals surface area contributed by atoms with Gasteiger partial charge in [0.15, 0.2) is 0 Å². The second kappa shape index (κ2) is 8.47. The van der Waals surface area contributed by atoms with E-state index in [0.717, 1.165) is 61.4 Å². The molecule has 1 N–H and O–H groups in total. The van der Waals surface area contributed by atoms with Crippen molar-refractivity contribution in [3.05, 3.63) is 71.7 Å². The van der Waals surface area contributed by atoms with Gasteiger partial charge in [-0.1, -0.05) is 25.1 Å². The molecular formula is C23H26FN5. The number of hydrogen-bond acceptors (Lipinski definition) is 5. The van der Waals surface area contributed by atoms with Gasteiger partial charge in [-0.05, 0) is 49.2 Å². The largest absolute Gasteiger partial charge is 0.368 e. The molecule has 0 unspecified atom stereocenters. The van der Waals surface area contributed by atoms with Gasteiger partial charge in [0.2, 0.25) is 5.95 Å². The number of nitrogens with zero attached hydrogens (tertiary/aromatic N) is 4. The predicted octanol–water partition coefficient (Wildman–Crippen LogP) is 4.56. The van der Waals surface area contributed by atoms with Crippen molar-refractivity contribution in [3.63, 3.8) is 0 Å². The van der Waals surface area contributed by atoms with Crippen LogP contribution in [0.25, 0.3) is 0 Å². The molecule has 0 spiro atoms. The molecule has 4 rings (SSSR count). The molecule has 5 nitrogen and oxygen atoms in total. The third kappa shape index (κ3) is 4.47. The van der Waals surface area contributed by atoms with Crippen LogP contribution >= 0.6 is 0 Å². The van der Waals surface area contributed by atoms with Crippen LogP contribution in [-0.4, -0.2) is 36.1 Å². The molecule has 3 aromatic rings. The maximum absolute atomic E-state index is 13.2. The molecule has 0 saturated carbocycles. The molecule has 1 saturated heterocycles. The van der Waals surface area contributed by atoms with E-state index in [9.17, 15) is 4.39 Å². The fourth-order valence-electron chi connectivity index (χ4n) is 3.66. The first-order chi connectivity index (χ1) is 14.1. The Balaban J connectivity index is 1.47. The quantitative estimate of drug-likeness (QED) is 0.691. The van der Waals surface area contributed by atoms with Crippen molar-refractivity contribution in [2.45, 2.75) is 20.3 Å². The van der Waals surface area contributed by atoms with Gasteiger partial charge in [-0.3, -0.25) is 0 Å².